The van der Waals surface area contributed by atoms with Gasteiger partial charge in [-0.1, -0.05) is 12.1 Å². The molecule has 1 atom stereocenters. The average molecular weight is 199 g/mol. The molecule has 1 rings (SSSR count). The van der Waals surface area contributed by atoms with E-state index in [9.17, 15) is 8.78 Å². The Morgan fingerprint density at radius 2 is 2.07 bits per heavy atom. The van der Waals surface area contributed by atoms with Crippen molar-refractivity contribution >= 4 is 0 Å². The van der Waals surface area contributed by atoms with E-state index in [1.165, 1.54) is 6.07 Å². The van der Waals surface area contributed by atoms with E-state index in [-0.39, 0.29) is 6.04 Å². The van der Waals surface area contributed by atoms with Crippen molar-refractivity contribution in [2.45, 2.75) is 32.2 Å². The molecule has 0 aliphatic heterocycles. The van der Waals surface area contributed by atoms with E-state index in [1.54, 1.807) is 6.07 Å². The van der Waals surface area contributed by atoms with Crippen molar-refractivity contribution in [1.29, 1.82) is 0 Å². The van der Waals surface area contributed by atoms with Gasteiger partial charge in [-0.05, 0) is 37.8 Å². The number of hydrogen-bond acceptors (Lipinski definition) is 1. The van der Waals surface area contributed by atoms with Crippen LogP contribution in [0.3, 0.4) is 0 Å². The first kappa shape index (κ1) is 11.1. The van der Waals surface area contributed by atoms with E-state index in [0.29, 0.717) is 12.0 Å². The van der Waals surface area contributed by atoms with Gasteiger partial charge in [0.2, 0.25) is 0 Å². The van der Waals surface area contributed by atoms with Crippen LogP contribution < -0.4 is 5.73 Å². The van der Waals surface area contributed by atoms with Gasteiger partial charge in [-0.2, -0.15) is 0 Å². The van der Waals surface area contributed by atoms with Crippen LogP contribution >= 0.6 is 0 Å². The third kappa shape index (κ3) is 3.07. The third-order valence-electron chi connectivity index (χ3n) is 2.14. The Bertz CT molecular complexity index is 297. The molecule has 0 amide bonds. The minimum Gasteiger partial charge on any atom is -0.328 e. The number of nitrogens with two attached hydrogens (primary N) is 1. The maximum Gasteiger partial charge on any atom is 0.162 e. The summed E-state index contributed by atoms with van der Waals surface area (Å²) in [5, 5.41) is 0. The van der Waals surface area contributed by atoms with Gasteiger partial charge >= 0.3 is 0 Å². The highest BCUT2D eigenvalue weighted by Gasteiger charge is 2.06. The van der Waals surface area contributed by atoms with E-state index in [2.05, 4.69) is 0 Å². The maximum atomic E-state index is 13.1. The first-order valence-electron chi connectivity index (χ1n) is 4.79. The van der Waals surface area contributed by atoms with E-state index < -0.39 is 11.6 Å². The maximum absolute atomic E-state index is 13.1. The zero-order chi connectivity index (χ0) is 10.6. The number of halogens is 2. The van der Waals surface area contributed by atoms with E-state index in [1.807, 2.05) is 6.92 Å². The molecule has 0 radical (unpaired) electrons. The molecule has 0 aliphatic carbocycles. The summed E-state index contributed by atoms with van der Waals surface area (Å²) in [6, 6.07) is 4.38. The Hall–Kier alpha value is -0.960. The SMILES string of the molecule is CC(N)CCCc1cccc(F)c1F. The van der Waals surface area contributed by atoms with Crippen molar-refractivity contribution in [3.8, 4) is 0 Å². The van der Waals surface area contributed by atoms with Crippen LogP contribution in [-0.2, 0) is 6.42 Å². The molecule has 0 aliphatic rings. The summed E-state index contributed by atoms with van der Waals surface area (Å²) in [5.41, 5.74) is 5.99. The van der Waals surface area contributed by atoms with Crippen molar-refractivity contribution < 1.29 is 8.78 Å². The average Bonchev–Trinajstić information content (AvgIpc) is 2.12. The summed E-state index contributed by atoms with van der Waals surface area (Å²) in [6.07, 6.45) is 2.17. The molecule has 1 aromatic rings. The van der Waals surface area contributed by atoms with Crippen molar-refractivity contribution in [3.05, 3.63) is 35.4 Å². The largest absolute Gasteiger partial charge is 0.328 e. The Labute approximate surface area is 82.9 Å². The predicted molar refractivity (Wildman–Crippen MR) is 52.9 cm³/mol. The van der Waals surface area contributed by atoms with Crippen molar-refractivity contribution in [1.82, 2.24) is 0 Å². The molecule has 0 saturated heterocycles. The van der Waals surface area contributed by atoms with Crippen LogP contribution in [0, 0.1) is 11.6 Å². The normalized spacial score (nSPS) is 12.9. The highest BCUT2D eigenvalue weighted by Crippen LogP contribution is 2.14. The number of hydrogen-bond donors (Lipinski definition) is 1. The topological polar surface area (TPSA) is 26.0 Å². The predicted octanol–water partition coefficient (Wildman–Crippen LogP) is 2.63. The van der Waals surface area contributed by atoms with Gasteiger partial charge in [0.25, 0.3) is 0 Å². The van der Waals surface area contributed by atoms with Crippen LogP contribution in [0.25, 0.3) is 0 Å². The fourth-order valence-corrected chi connectivity index (χ4v) is 1.36. The van der Waals surface area contributed by atoms with Crippen molar-refractivity contribution in [2.75, 3.05) is 0 Å². The second kappa shape index (κ2) is 5.05. The molecule has 0 heterocycles. The molecule has 2 N–H and O–H groups in total. The quantitative estimate of drug-likeness (QED) is 0.792. The molecule has 1 aromatic carbocycles. The fraction of sp³-hybridized carbons (Fsp3) is 0.455. The molecule has 3 heteroatoms. The first-order valence-corrected chi connectivity index (χ1v) is 4.79. The molecule has 78 valence electrons. The van der Waals surface area contributed by atoms with Crippen LogP contribution in [0.4, 0.5) is 8.78 Å². The van der Waals surface area contributed by atoms with Gasteiger partial charge in [-0.3, -0.25) is 0 Å². The van der Waals surface area contributed by atoms with Crippen molar-refractivity contribution in [2.24, 2.45) is 5.73 Å². The Morgan fingerprint density at radius 3 is 2.71 bits per heavy atom. The lowest BCUT2D eigenvalue weighted by molar-refractivity contribution is 0.494. The Kier molecular flexibility index (Phi) is 4.01. The Morgan fingerprint density at radius 1 is 1.36 bits per heavy atom. The van der Waals surface area contributed by atoms with Gasteiger partial charge < -0.3 is 5.73 Å². The van der Waals surface area contributed by atoms with Gasteiger partial charge in [0, 0.05) is 6.04 Å². The highest BCUT2D eigenvalue weighted by atomic mass is 19.2. The number of benzene rings is 1. The molecule has 1 unspecified atom stereocenters. The molecule has 0 aromatic heterocycles. The molecular weight excluding hydrogens is 184 g/mol. The molecule has 0 saturated carbocycles. The Balaban J connectivity index is 2.54. The summed E-state index contributed by atoms with van der Waals surface area (Å²) in [7, 11) is 0. The third-order valence-corrected chi connectivity index (χ3v) is 2.14. The molecular formula is C11H15F2N. The van der Waals surface area contributed by atoms with Crippen LogP contribution in [0.1, 0.15) is 25.3 Å². The minimum atomic E-state index is -0.775. The highest BCUT2D eigenvalue weighted by molar-refractivity contribution is 5.18. The summed E-state index contributed by atoms with van der Waals surface area (Å²) < 4.78 is 25.9. The molecule has 1 nitrogen and oxygen atoms in total. The van der Waals surface area contributed by atoms with Gasteiger partial charge in [0.1, 0.15) is 0 Å². The first-order chi connectivity index (χ1) is 6.61. The zero-order valence-corrected chi connectivity index (χ0v) is 8.26. The lowest BCUT2D eigenvalue weighted by atomic mass is 10.1. The van der Waals surface area contributed by atoms with Crippen molar-refractivity contribution in [3.63, 3.8) is 0 Å². The summed E-state index contributed by atoms with van der Waals surface area (Å²) in [4.78, 5) is 0. The fourth-order valence-electron chi connectivity index (χ4n) is 1.36. The minimum absolute atomic E-state index is 0.117. The zero-order valence-electron chi connectivity index (χ0n) is 8.26. The standard InChI is InChI=1S/C11H15F2N/c1-8(14)4-2-5-9-6-3-7-10(12)11(9)13/h3,6-8H,2,4-5,14H2,1H3. The van der Waals surface area contributed by atoms with Crippen LogP contribution in [0.15, 0.2) is 18.2 Å². The lowest BCUT2D eigenvalue weighted by Gasteiger charge is -2.05. The lowest BCUT2D eigenvalue weighted by Crippen LogP contribution is -2.14. The molecule has 0 bridgehead atoms. The number of aryl methyl sites for hydroxylation is 1. The van der Waals surface area contributed by atoms with Gasteiger partial charge in [-0.25, -0.2) is 8.78 Å². The molecule has 0 fully saturated rings. The molecule has 14 heavy (non-hydrogen) atoms. The van der Waals surface area contributed by atoms with Crippen LogP contribution in [0.2, 0.25) is 0 Å². The van der Waals surface area contributed by atoms with Crippen LogP contribution in [0.5, 0.6) is 0 Å². The van der Waals surface area contributed by atoms with Crippen LogP contribution in [-0.4, -0.2) is 6.04 Å². The van der Waals surface area contributed by atoms with Gasteiger partial charge in [-0.15, -0.1) is 0 Å². The van der Waals surface area contributed by atoms with E-state index in [0.717, 1.165) is 18.9 Å². The monoisotopic (exact) mass is 199 g/mol. The summed E-state index contributed by atoms with van der Waals surface area (Å²) in [6.45, 7) is 1.90. The molecule has 0 spiro atoms. The summed E-state index contributed by atoms with van der Waals surface area (Å²) >= 11 is 0. The number of rotatable bonds is 4. The second-order valence-corrected chi connectivity index (χ2v) is 3.58. The summed E-state index contributed by atoms with van der Waals surface area (Å²) in [5.74, 6) is -1.50. The van der Waals surface area contributed by atoms with Gasteiger partial charge in [0.15, 0.2) is 11.6 Å². The van der Waals surface area contributed by atoms with E-state index in [4.69, 9.17) is 5.73 Å². The van der Waals surface area contributed by atoms with Gasteiger partial charge in [0.05, 0.1) is 0 Å². The second-order valence-electron chi connectivity index (χ2n) is 3.58. The smallest absolute Gasteiger partial charge is 0.162 e. The van der Waals surface area contributed by atoms with E-state index >= 15 is 0 Å².